The summed E-state index contributed by atoms with van der Waals surface area (Å²) < 4.78 is 64.8. The Hall–Kier alpha value is -2.60. The monoisotopic (exact) mass is 341 g/mol. The summed E-state index contributed by atoms with van der Waals surface area (Å²) in [5.41, 5.74) is -1.21. The molecule has 1 aromatic carbocycles. The number of rotatable bonds is 4. The van der Waals surface area contributed by atoms with Crippen LogP contribution in [-0.4, -0.2) is 13.4 Å². The lowest BCUT2D eigenvalue weighted by Crippen LogP contribution is -2.18. The van der Waals surface area contributed by atoms with Crippen molar-refractivity contribution >= 4 is 15.8 Å². The van der Waals surface area contributed by atoms with Gasteiger partial charge in [-0.2, -0.15) is 18.4 Å². The highest BCUT2D eigenvalue weighted by Crippen LogP contribution is 2.32. The molecule has 5 nitrogen and oxygen atoms in total. The second-order valence-corrected chi connectivity index (χ2v) is 6.28. The van der Waals surface area contributed by atoms with Gasteiger partial charge in [0.15, 0.2) is 0 Å². The maximum absolute atomic E-state index is 12.9. The highest BCUT2D eigenvalue weighted by atomic mass is 32.2. The number of nitrogens with one attached hydrogen (secondary N) is 1. The van der Waals surface area contributed by atoms with Gasteiger partial charge in [0.05, 0.1) is 22.9 Å². The molecule has 0 atom stereocenters. The number of aromatic nitrogens is 1. The van der Waals surface area contributed by atoms with Crippen LogP contribution in [0.2, 0.25) is 0 Å². The average Bonchev–Trinajstić information content (AvgIpc) is 2.46. The molecule has 0 aliphatic carbocycles. The van der Waals surface area contributed by atoms with E-state index in [0.717, 1.165) is 12.1 Å². The fourth-order valence-electron chi connectivity index (χ4n) is 1.88. The van der Waals surface area contributed by atoms with E-state index in [-0.39, 0.29) is 16.9 Å². The normalized spacial score (nSPS) is 11.7. The number of hydrogen-bond donors (Lipinski definition) is 1. The molecule has 0 amide bonds. The van der Waals surface area contributed by atoms with E-state index in [9.17, 15) is 21.6 Å². The van der Waals surface area contributed by atoms with Crippen LogP contribution in [0.4, 0.5) is 19.0 Å². The van der Waals surface area contributed by atoms with E-state index in [2.05, 4.69) is 9.71 Å². The van der Waals surface area contributed by atoms with Crippen LogP contribution < -0.4 is 4.72 Å². The Morgan fingerprint density at radius 3 is 2.57 bits per heavy atom. The van der Waals surface area contributed by atoms with Crippen LogP contribution in [0.3, 0.4) is 0 Å². The van der Waals surface area contributed by atoms with E-state index in [1.54, 1.807) is 0 Å². The molecule has 9 heteroatoms. The molecule has 2 rings (SSSR count). The first-order chi connectivity index (χ1) is 10.7. The molecule has 2 aromatic rings. The molecule has 0 aliphatic rings. The quantitative estimate of drug-likeness (QED) is 0.927. The highest BCUT2D eigenvalue weighted by Gasteiger charge is 2.34. The molecular formula is C14H10F3N3O2S. The number of sulfonamides is 1. The summed E-state index contributed by atoms with van der Waals surface area (Å²) in [5.74, 6) is -0.991. The van der Waals surface area contributed by atoms with Crippen molar-refractivity contribution in [1.82, 2.24) is 4.98 Å². The summed E-state index contributed by atoms with van der Waals surface area (Å²) >= 11 is 0. The number of halogens is 3. The van der Waals surface area contributed by atoms with Crippen LogP contribution >= 0.6 is 0 Å². The van der Waals surface area contributed by atoms with Crippen molar-refractivity contribution in [2.45, 2.75) is 11.9 Å². The number of anilines is 1. The molecule has 1 N–H and O–H groups in total. The van der Waals surface area contributed by atoms with E-state index in [4.69, 9.17) is 5.26 Å². The van der Waals surface area contributed by atoms with Crippen molar-refractivity contribution in [3.8, 4) is 6.07 Å². The van der Waals surface area contributed by atoms with Gasteiger partial charge in [-0.05, 0) is 23.8 Å². The molecule has 0 saturated carbocycles. The number of pyridine rings is 1. The van der Waals surface area contributed by atoms with Crippen LogP contribution in [-0.2, 0) is 22.0 Å². The Labute approximate surface area is 130 Å². The highest BCUT2D eigenvalue weighted by molar-refractivity contribution is 7.91. The minimum atomic E-state index is -4.65. The zero-order chi connectivity index (χ0) is 17.1. The van der Waals surface area contributed by atoms with Crippen molar-refractivity contribution in [2.24, 2.45) is 0 Å². The fourth-order valence-corrected chi connectivity index (χ4v) is 3.04. The number of nitriles is 1. The third-order valence-corrected chi connectivity index (χ3v) is 4.03. The topological polar surface area (TPSA) is 82.8 Å². The third-order valence-electron chi connectivity index (χ3n) is 2.82. The number of benzene rings is 1. The van der Waals surface area contributed by atoms with Gasteiger partial charge in [-0.15, -0.1) is 0 Å². The van der Waals surface area contributed by atoms with Gasteiger partial charge in [0, 0.05) is 6.20 Å². The summed E-state index contributed by atoms with van der Waals surface area (Å²) in [6.07, 6.45) is -3.43. The molecule has 0 radical (unpaired) electrons. The van der Waals surface area contributed by atoms with Crippen molar-refractivity contribution in [3.63, 3.8) is 0 Å². The number of nitrogens with zero attached hydrogens (tertiary/aromatic N) is 2. The molecule has 0 saturated heterocycles. The van der Waals surface area contributed by atoms with Crippen LogP contribution in [0, 0.1) is 11.3 Å². The van der Waals surface area contributed by atoms with Gasteiger partial charge in [0.1, 0.15) is 5.82 Å². The van der Waals surface area contributed by atoms with Crippen molar-refractivity contribution in [3.05, 3.63) is 59.3 Å². The van der Waals surface area contributed by atoms with Gasteiger partial charge in [-0.1, -0.05) is 18.2 Å². The fraction of sp³-hybridized carbons (Fsp3) is 0.143. The van der Waals surface area contributed by atoms with Crippen molar-refractivity contribution in [2.75, 3.05) is 4.72 Å². The van der Waals surface area contributed by atoms with E-state index < -0.39 is 27.5 Å². The Morgan fingerprint density at radius 1 is 1.22 bits per heavy atom. The Morgan fingerprint density at radius 2 is 1.91 bits per heavy atom. The van der Waals surface area contributed by atoms with Gasteiger partial charge in [-0.3, -0.25) is 4.72 Å². The van der Waals surface area contributed by atoms with Gasteiger partial charge in [0.25, 0.3) is 0 Å². The predicted molar refractivity (Wildman–Crippen MR) is 76.6 cm³/mol. The first kappa shape index (κ1) is 16.8. The minimum Gasteiger partial charge on any atom is -0.267 e. The van der Waals surface area contributed by atoms with Crippen LogP contribution in [0.15, 0.2) is 42.6 Å². The molecule has 0 unspecified atom stereocenters. The van der Waals surface area contributed by atoms with Gasteiger partial charge >= 0.3 is 6.18 Å². The first-order valence-electron chi connectivity index (χ1n) is 6.23. The second-order valence-electron chi connectivity index (χ2n) is 4.56. The zero-order valence-electron chi connectivity index (χ0n) is 11.5. The lowest BCUT2D eigenvalue weighted by Gasteiger charge is -2.13. The van der Waals surface area contributed by atoms with Crippen LogP contribution in [0.1, 0.15) is 16.7 Å². The zero-order valence-corrected chi connectivity index (χ0v) is 12.3. The van der Waals surface area contributed by atoms with Gasteiger partial charge < -0.3 is 0 Å². The Bertz CT molecular complexity index is 858. The van der Waals surface area contributed by atoms with Crippen molar-refractivity contribution < 1.29 is 21.6 Å². The van der Waals surface area contributed by atoms with E-state index in [0.29, 0.717) is 0 Å². The van der Waals surface area contributed by atoms with Crippen LogP contribution in [0.5, 0.6) is 0 Å². The summed E-state index contributed by atoms with van der Waals surface area (Å²) in [6.45, 7) is 0. The minimum absolute atomic E-state index is 0.131. The van der Waals surface area contributed by atoms with E-state index in [1.165, 1.54) is 30.5 Å². The molecule has 0 aliphatic heterocycles. The van der Waals surface area contributed by atoms with E-state index >= 15 is 0 Å². The summed E-state index contributed by atoms with van der Waals surface area (Å²) in [5, 5.41) is 8.74. The second kappa shape index (κ2) is 6.26. The summed E-state index contributed by atoms with van der Waals surface area (Å²) in [6, 6.07) is 8.80. The molecule has 120 valence electrons. The largest absolute Gasteiger partial charge is 0.416 e. The summed E-state index contributed by atoms with van der Waals surface area (Å²) in [4.78, 5) is 3.72. The van der Waals surface area contributed by atoms with E-state index in [1.807, 2.05) is 6.07 Å². The SMILES string of the molecule is N#Cc1ccnc(NS(=O)(=O)Cc2ccccc2C(F)(F)F)c1. The first-order valence-corrected chi connectivity index (χ1v) is 7.88. The van der Waals surface area contributed by atoms with Gasteiger partial charge in [0.2, 0.25) is 10.0 Å². The molecule has 1 aromatic heterocycles. The smallest absolute Gasteiger partial charge is 0.267 e. The molecule has 0 spiro atoms. The molecule has 0 fully saturated rings. The Balaban J connectivity index is 2.27. The third kappa shape index (κ3) is 4.43. The lowest BCUT2D eigenvalue weighted by molar-refractivity contribution is -0.138. The van der Waals surface area contributed by atoms with Crippen molar-refractivity contribution in [1.29, 1.82) is 5.26 Å². The lowest BCUT2D eigenvalue weighted by atomic mass is 10.1. The van der Waals surface area contributed by atoms with Crippen LogP contribution in [0.25, 0.3) is 0 Å². The number of alkyl halides is 3. The Kier molecular flexibility index (Phi) is 4.56. The molecule has 1 heterocycles. The maximum Gasteiger partial charge on any atom is 0.416 e. The van der Waals surface area contributed by atoms with Gasteiger partial charge in [-0.25, -0.2) is 13.4 Å². The predicted octanol–water partition coefficient (Wildman–Crippen LogP) is 2.91. The summed E-state index contributed by atoms with van der Waals surface area (Å²) in [7, 11) is -4.12. The number of hydrogen-bond acceptors (Lipinski definition) is 4. The molecule has 0 bridgehead atoms. The molecular weight excluding hydrogens is 331 g/mol. The standard InChI is InChI=1S/C14H10F3N3O2S/c15-14(16,17)12-4-2-1-3-11(12)9-23(21,22)20-13-7-10(8-18)5-6-19-13/h1-7H,9H2,(H,19,20). The average molecular weight is 341 g/mol. The maximum atomic E-state index is 12.9. The molecule has 23 heavy (non-hydrogen) atoms.